The van der Waals surface area contributed by atoms with Crippen LogP contribution in [0.15, 0.2) is 35.8 Å². The third-order valence-electron chi connectivity index (χ3n) is 5.94. The predicted molar refractivity (Wildman–Crippen MR) is 104 cm³/mol. The molecule has 0 spiro atoms. The van der Waals surface area contributed by atoms with Gasteiger partial charge in [-0.3, -0.25) is 9.36 Å². The van der Waals surface area contributed by atoms with Crippen LogP contribution in [-0.4, -0.2) is 37.2 Å². The van der Waals surface area contributed by atoms with Crippen LogP contribution in [0.25, 0.3) is 11.0 Å². The van der Waals surface area contributed by atoms with Crippen LogP contribution in [0.3, 0.4) is 0 Å². The quantitative estimate of drug-likeness (QED) is 0.712. The lowest BCUT2D eigenvalue weighted by Crippen LogP contribution is -2.49. The van der Waals surface area contributed by atoms with Crippen molar-refractivity contribution in [3.05, 3.63) is 46.9 Å². The highest BCUT2D eigenvalue weighted by Crippen LogP contribution is 2.31. The lowest BCUT2D eigenvalue weighted by Gasteiger charge is -2.39. The molecule has 1 aliphatic carbocycles. The number of aromatic nitrogens is 5. The zero-order chi connectivity index (χ0) is 18.4. The third-order valence-corrected chi connectivity index (χ3v) is 5.94. The zero-order valence-electron chi connectivity index (χ0n) is 15.6. The van der Waals surface area contributed by atoms with Gasteiger partial charge in [0.15, 0.2) is 0 Å². The zero-order valence-corrected chi connectivity index (χ0v) is 15.6. The Morgan fingerprint density at radius 2 is 2.04 bits per heavy atom. The highest BCUT2D eigenvalue weighted by molar-refractivity contribution is 5.79. The summed E-state index contributed by atoms with van der Waals surface area (Å²) in [4.78, 5) is 28.5. The normalized spacial score (nSPS) is 18.3. The maximum atomic E-state index is 12.7. The summed E-state index contributed by atoms with van der Waals surface area (Å²) in [6.45, 7) is 4.80. The summed E-state index contributed by atoms with van der Waals surface area (Å²) in [6.07, 6.45) is 12.1. The molecule has 3 aromatic rings. The van der Waals surface area contributed by atoms with E-state index in [1.54, 1.807) is 6.07 Å². The molecule has 0 aromatic carbocycles. The average molecular weight is 364 g/mol. The van der Waals surface area contributed by atoms with Crippen molar-refractivity contribution in [3.63, 3.8) is 0 Å². The summed E-state index contributed by atoms with van der Waals surface area (Å²) < 4.78 is 4.04. The molecule has 2 fully saturated rings. The Morgan fingerprint density at radius 3 is 2.78 bits per heavy atom. The third kappa shape index (κ3) is 2.91. The van der Waals surface area contributed by atoms with Crippen molar-refractivity contribution < 1.29 is 0 Å². The molecule has 1 saturated carbocycles. The van der Waals surface area contributed by atoms with Gasteiger partial charge in [-0.1, -0.05) is 12.8 Å². The Balaban J connectivity index is 1.44. The van der Waals surface area contributed by atoms with Crippen LogP contribution in [0, 0.1) is 12.8 Å². The Hall–Kier alpha value is -2.70. The van der Waals surface area contributed by atoms with Crippen molar-refractivity contribution in [1.29, 1.82) is 0 Å². The summed E-state index contributed by atoms with van der Waals surface area (Å²) in [7, 11) is 0. The molecule has 7 heteroatoms. The molecule has 3 aromatic heterocycles. The second kappa shape index (κ2) is 6.48. The van der Waals surface area contributed by atoms with Crippen LogP contribution in [0.1, 0.15) is 37.3 Å². The van der Waals surface area contributed by atoms with Crippen LogP contribution < -0.4 is 10.5 Å². The fourth-order valence-electron chi connectivity index (χ4n) is 4.47. The predicted octanol–water partition coefficient (Wildman–Crippen LogP) is 2.55. The molecule has 5 rings (SSSR count). The van der Waals surface area contributed by atoms with Crippen molar-refractivity contribution in [3.8, 4) is 0 Å². The van der Waals surface area contributed by atoms with E-state index in [-0.39, 0.29) is 11.6 Å². The molecule has 1 saturated heterocycles. The molecule has 0 radical (unpaired) electrons. The van der Waals surface area contributed by atoms with E-state index in [1.165, 1.54) is 12.8 Å². The molecular weight excluding hydrogens is 340 g/mol. The first-order chi connectivity index (χ1) is 13.2. The minimum absolute atomic E-state index is 0.0677. The van der Waals surface area contributed by atoms with Gasteiger partial charge < -0.3 is 9.47 Å². The monoisotopic (exact) mass is 364 g/mol. The fourth-order valence-corrected chi connectivity index (χ4v) is 4.47. The first-order valence-electron chi connectivity index (χ1n) is 9.78. The molecule has 2 aliphatic rings. The van der Waals surface area contributed by atoms with Crippen molar-refractivity contribution in [1.82, 2.24) is 24.1 Å². The number of fused-ring (bicyclic) bond motifs is 1. The fraction of sp³-hybridized carbons (Fsp3) is 0.500. The van der Waals surface area contributed by atoms with Crippen molar-refractivity contribution in [2.75, 3.05) is 18.0 Å². The molecule has 0 amide bonds. The van der Waals surface area contributed by atoms with Gasteiger partial charge in [0.25, 0.3) is 5.56 Å². The standard InChI is InChI=1S/C20H24N6O/c1-14-8-18(27)26(16-4-2-3-5-16)19-17(14)9-22-20(23-19)25-11-15(12-25)10-24-7-6-21-13-24/h6-9,13,15-16H,2-5,10-12H2,1H3. The summed E-state index contributed by atoms with van der Waals surface area (Å²) in [5.41, 5.74) is 1.82. The number of nitrogens with zero attached hydrogens (tertiary/aromatic N) is 6. The Kier molecular flexibility index (Phi) is 3.95. The number of rotatable bonds is 4. The summed E-state index contributed by atoms with van der Waals surface area (Å²) in [6, 6.07) is 2.00. The summed E-state index contributed by atoms with van der Waals surface area (Å²) in [5.74, 6) is 1.31. The van der Waals surface area contributed by atoms with Gasteiger partial charge in [-0.25, -0.2) is 9.97 Å². The maximum Gasteiger partial charge on any atom is 0.252 e. The lowest BCUT2D eigenvalue weighted by atomic mass is 10.0. The van der Waals surface area contributed by atoms with Crippen LogP contribution in [0.2, 0.25) is 0 Å². The smallest absolute Gasteiger partial charge is 0.252 e. The molecule has 0 unspecified atom stereocenters. The average Bonchev–Trinajstić information content (AvgIpc) is 3.31. The summed E-state index contributed by atoms with van der Waals surface area (Å²) in [5, 5.41) is 0.987. The van der Waals surface area contributed by atoms with Gasteiger partial charge in [0.2, 0.25) is 5.95 Å². The van der Waals surface area contributed by atoms with Gasteiger partial charge in [-0.15, -0.1) is 0 Å². The molecule has 4 heterocycles. The van der Waals surface area contributed by atoms with E-state index in [2.05, 4.69) is 19.4 Å². The van der Waals surface area contributed by atoms with E-state index < -0.39 is 0 Å². The van der Waals surface area contributed by atoms with Crippen molar-refractivity contribution in [2.45, 2.75) is 45.2 Å². The first kappa shape index (κ1) is 16.5. The minimum Gasteiger partial charge on any atom is -0.340 e. The minimum atomic E-state index is 0.0677. The van der Waals surface area contributed by atoms with E-state index >= 15 is 0 Å². The van der Waals surface area contributed by atoms with Crippen LogP contribution in [0.5, 0.6) is 0 Å². The van der Waals surface area contributed by atoms with E-state index in [0.29, 0.717) is 5.92 Å². The second-order valence-corrected chi connectivity index (χ2v) is 7.91. The van der Waals surface area contributed by atoms with Crippen molar-refractivity contribution >= 4 is 17.0 Å². The Bertz CT molecular complexity index is 1010. The van der Waals surface area contributed by atoms with E-state index in [9.17, 15) is 4.79 Å². The Morgan fingerprint density at radius 1 is 1.22 bits per heavy atom. The number of pyridine rings is 1. The summed E-state index contributed by atoms with van der Waals surface area (Å²) >= 11 is 0. The van der Waals surface area contributed by atoms with Gasteiger partial charge in [-0.05, 0) is 25.3 Å². The van der Waals surface area contributed by atoms with E-state index in [1.807, 2.05) is 36.4 Å². The number of hydrogen-bond acceptors (Lipinski definition) is 5. The molecular formula is C20H24N6O. The van der Waals surface area contributed by atoms with Crippen LogP contribution in [-0.2, 0) is 6.54 Å². The highest BCUT2D eigenvalue weighted by Gasteiger charge is 2.30. The van der Waals surface area contributed by atoms with Crippen LogP contribution >= 0.6 is 0 Å². The van der Waals surface area contributed by atoms with Gasteiger partial charge in [0.05, 0.1) is 6.33 Å². The van der Waals surface area contributed by atoms with E-state index in [0.717, 1.165) is 55.0 Å². The number of hydrogen-bond donors (Lipinski definition) is 0. The Labute approximate surface area is 157 Å². The molecule has 140 valence electrons. The molecule has 7 nitrogen and oxygen atoms in total. The maximum absolute atomic E-state index is 12.7. The van der Waals surface area contributed by atoms with Crippen molar-refractivity contribution in [2.24, 2.45) is 5.92 Å². The number of anilines is 1. The van der Waals surface area contributed by atoms with E-state index in [4.69, 9.17) is 4.98 Å². The van der Waals surface area contributed by atoms with Crippen LogP contribution in [0.4, 0.5) is 5.95 Å². The van der Waals surface area contributed by atoms with Gasteiger partial charge in [0.1, 0.15) is 5.65 Å². The molecule has 0 bridgehead atoms. The SMILES string of the molecule is Cc1cc(=O)n(C2CCCC2)c2nc(N3CC(Cn4ccnc4)C3)ncc12. The molecule has 1 aliphatic heterocycles. The van der Waals surface area contributed by atoms with Gasteiger partial charge >= 0.3 is 0 Å². The first-order valence-corrected chi connectivity index (χ1v) is 9.78. The number of aryl methyl sites for hydroxylation is 1. The van der Waals surface area contributed by atoms with Gasteiger partial charge in [0, 0.05) is 61.6 Å². The largest absolute Gasteiger partial charge is 0.340 e. The number of imidazole rings is 1. The highest BCUT2D eigenvalue weighted by atomic mass is 16.1. The molecule has 0 atom stereocenters. The topological polar surface area (TPSA) is 68.8 Å². The molecule has 0 N–H and O–H groups in total. The van der Waals surface area contributed by atoms with Gasteiger partial charge in [-0.2, -0.15) is 4.98 Å². The molecule has 27 heavy (non-hydrogen) atoms. The second-order valence-electron chi connectivity index (χ2n) is 7.91. The lowest BCUT2D eigenvalue weighted by molar-refractivity contribution is 0.353.